The maximum absolute atomic E-state index is 4.98. The monoisotopic (exact) mass is 408 g/mol. The van der Waals surface area contributed by atoms with Gasteiger partial charge in [-0.05, 0) is 118 Å². The normalized spacial score (nSPS) is 17.9. The summed E-state index contributed by atoms with van der Waals surface area (Å²) in [6.45, 7) is 15.0. The number of nitrogens with one attached hydrogen (secondary N) is 2. The first kappa shape index (κ1) is 19.6. The maximum atomic E-state index is 4.98. The van der Waals surface area contributed by atoms with E-state index in [0.717, 1.165) is 44.9 Å². The van der Waals surface area contributed by atoms with Crippen molar-refractivity contribution in [3.63, 3.8) is 0 Å². The van der Waals surface area contributed by atoms with E-state index >= 15 is 0 Å². The van der Waals surface area contributed by atoms with Crippen LogP contribution in [0, 0.1) is 20.8 Å². The first-order valence-corrected chi connectivity index (χ1v) is 10.8. The van der Waals surface area contributed by atoms with E-state index in [4.69, 9.17) is 9.98 Å². The minimum absolute atomic E-state index is 0.993. The summed E-state index contributed by atoms with van der Waals surface area (Å²) in [6, 6.07) is 2.20. The number of fused-ring (bicyclic) bond motifs is 6. The van der Waals surface area contributed by atoms with Crippen LogP contribution in [0.5, 0.6) is 0 Å². The molecule has 0 unspecified atom stereocenters. The number of H-pyrrole nitrogens is 2. The van der Waals surface area contributed by atoms with Crippen LogP contribution in [0.2, 0.25) is 0 Å². The van der Waals surface area contributed by atoms with Crippen LogP contribution < -0.4 is 10.7 Å². The average molecular weight is 409 g/mol. The summed E-state index contributed by atoms with van der Waals surface area (Å²) in [6.07, 6.45) is 8.68. The highest BCUT2D eigenvalue weighted by Gasteiger charge is 2.21. The molecule has 2 N–H and O–H groups in total. The fraction of sp³-hybridized carbons (Fsp3) is 0.259. The van der Waals surface area contributed by atoms with Gasteiger partial charge in [-0.25, -0.2) is 9.98 Å². The van der Waals surface area contributed by atoms with Gasteiger partial charge in [0.25, 0.3) is 0 Å². The first-order valence-electron chi connectivity index (χ1n) is 10.8. The number of aryl methyl sites for hydroxylation is 1. The Labute approximate surface area is 182 Å². The predicted molar refractivity (Wildman–Crippen MR) is 131 cm³/mol. The molecular weight excluding hydrogens is 380 g/mol. The molecule has 0 aromatic carbocycles. The van der Waals surface area contributed by atoms with Crippen LogP contribution in [-0.4, -0.2) is 21.4 Å². The van der Waals surface area contributed by atoms with Gasteiger partial charge >= 0.3 is 0 Å². The zero-order chi connectivity index (χ0) is 22.0. The predicted octanol–water partition coefficient (Wildman–Crippen LogP) is 4.70. The Hall–Kier alpha value is -3.40. The second-order valence-electron chi connectivity index (χ2n) is 8.85. The number of aliphatic imine (C=N–C) groups is 2. The van der Waals surface area contributed by atoms with Gasteiger partial charge < -0.3 is 9.97 Å². The molecule has 5 rings (SSSR count). The molecule has 8 bridgehead atoms. The average Bonchev–Trinajstić information content (AvgIpc) is 3.38. The quantitative estimate of drug-likeness (QED) is 0.635. The lowest BCUT2D eigenvalue weighted by molar-refractivity contribution is 1.22. The van der Waals surface area contributed by atoms with E-state index in [1.807, 2.05) is 0 Å². The second-order valence-corrected chi connectivity index (χ2v) is 8.85. The van der Waals surface area contributed by atoms with E-state index in [-0.39, 0.29) is 0 Å². The first-order chi connectivity index (χ1) is 14.7. The van der Waals surface area contributed by atoms with Gasteiger partial charge in [-0.3, -0.25) is 0 Å². The van der Waals surface area contributed by atoms with Crippen molar-refractivity contribution in [1.29, 1.82) is 0 Å². The molecule has 2 aromatic heterocycles. The molecule has 0 fully saturated rings. The Morgan fingerprint density at radius 2 is 1.13 bits per heavy atom. The van der Waals surface area contributed by atoms with Crippen LogP contribution in [0.25, 0.3) is 18.2 Å². The van der Waals surface area contributed by atoms with Crippen molar-refractivity contribution in [3.05, 3.63) is 84.6 Å². The molecule has 0 aliphatic carbocycles. The van der Waals surface area contributed by atoms with Gasteiger partial charge in [-0.1, -0.05) is 0 Å². The summed E-state index contributed by atoms with van der Waals surface area (Å²) in [7, 11) is 0. The van der Waals surface area contributed by atoms with Gasteiger partial charge in [-0.2, -0.15) is 0 Å². The highest BCUT2D eigenvalue weighted by atomic mass is 14.8. The van der Waals surface area contributed by atoms with Crippen molar-refractivity contribution >= 4 is 29.7 Å². The molecule has 31 heavy (non-hydrogen) atoms. The minimum atomic E-state index is 0.993. The van der Waals surface area contributed by atoms with Crippen molar-refractivity contribution < 1.29 is 0 Å². The van der Waals surface area contributed by atoms with Gasteiger partial charge in [-0.15, -0.1) is 0 Å². The molecule has 0 saturated heterocycles. The van der Waals surface area contributed by atoms with Crippen LogP contribution in [0.1, 0.15) is 55.8 Å². The topological polar surface area (TPSA) is 56.3 Å². The Kier molecular flexibility index (Phi) is 4.30. The Bertz CT molecular complexity index is 1470. The van der Waals surface area contributed by atoms with Crippen LogP contribution in [-0.2, 0) is 0 Å². The zero-order valence-electron chi connectivity index (χ0n) is 19.3. The summed E-state index contributed by atoms with van der Waals surface area (Å²) < 4.78 is 0. The lowest BCUT2D eigenvalue weighted by Gasteiger charge is -1.99. The van der Waals surface area contributed by atoms with Crippen molar-refractivity contribution in [3.8, 4) is 0 Å². The largest absolute Gasteiger partial charge is 0.359 e. The molecule has 0 atom stereocenters. The van der Waals surface area contributed by atoms with Crippen LogP contribution >= 0.6 is 0 Å². The molecular formula is C27H28N4. The summed E-state index contributed by atoms with van der Waals surface area (Å²) in [5.41, 5.74) is 14.8. The van der Waals surface area contributed by atoms with Gasteiger partial charge in [0.05, 0.1) is 22.8 Å². The molecule has 3 aliphatic heterocycles. The second kappa shape index (κ2) is 6.81. The van der Waals surface area contributed by atoms with E-state index in [1.165, 1.54) is 39.0 Å². The lowest BCUT2D eigenvalue weighted by atomic mass is 10.0. The van der Waals surface area contributed by atoms with Gasteiger partial charge in [0, 0.05) is 22.1 Å². The van der Waals surface area contributed by atoms with Crippen LogP contribution in [0.15, 0.2) is 55.8 Å². The molecule has 4 heteroatoms. The van der Waals surface area contributed by atoms with Crippen molar-refractivity contribution in [2.24, 2.45) is 9.98 Å². The fourth-order valence-electron chi connectivity index (χ4n) is 4.35. The molecule has 5 heterocycles. The Morgan fingerprint density at radius 1 is 0.581 bits per heavy atom. The van der Waals surface area contributed by atoms with Gasteiger partial charge in [0.1, 0.15) is 0 Å². The third-order valence-electron chi connectivity index (χ3n) is 7.01. The maximum Gasteiger partial charge on any atom is 0.0691 e. The number of nitrogens with zero attached hydrogens (tertiary/aromatic N) is 2. The highest BCUT2D eigenvalue weighted by molar-refractivity contribution is 6.23. The molecule has 0 amide bonds. The molecule has 0 radical (unpaired) electrons. The molecule has 4 nitrogen and oxygen atoms in total. The molecule has 2 aromatic rings. The minimum Gasteiger partial charge on any atom is -0.359 e. The van der Waals surface area contributed by atoms with Crippen molar-refractivity contribution in [1.82, 2.24) is 9.97 Å². The number of aromatic amines is 2. The number of hydrogen-bond acceptors (Lipinski definition) is 2. The van der Waals surface area contributed by atoms with E-state index < -0.39 is 0 Å². The van der Waals surface area contributed by atoms with E-state index in [9.17, 15) is 0 Å². The number of aromatic nitrogens is 2. The van der Waals surface area contributed by atoms with Crippen LogP contribution in [0.3, 0.4) is 0 Å². The van der Waals surface area contributed by atoms with Gasteiger partial charge in [0.2, 0.25) is 0 Å². The zero-order valence-corrected chi connectivity index (χ0v) is 19.3. The fourth-order valence-corrected chi connectivity index (χ4v) is 4.35. The van der Waals surface area contributed by atoms with Gasteiger partial charge in [0.15, 0.2) is 0 Å². The number of rotatable bonds is 0. The number of allylic oxidation sites excluding steroid dienone is 5. The van der Waals surface area contributed by atoms with Crippen molar-refractivity contribution in [2.75, 3.05) is 0 Å². The lowest BCUT2D eigenvalue weighted by Crippen LogP contribution is -2.13. The summed E-state index contributed by atoms with van der Waals surface area (Å²) in [5.74, 6) is 0. The van der Waals surface area contributed by atoms with E-state index in [0.29, 0.717) is 0 Å². The molecule has 0 spiro atoms. The third-order valence-corrected chi connectivity index (χ3v) is 7.01. The third kappa shape index (κ3) is 3.05. The molecule has 0 saturated carbocycles. The Balaban J connectivity index is 1.85. The summed E-state index contributed by atoms with van der Waals surface area (Å²) in [5, 5.41) is 2.25. The van der Waals surface area contributed by atoms with Crippen molar-refractivity contribution in [2.45, 2.75) is 48.5 Å². The van der Waals surface area contributed by atoms with E-state index in [2.05, 4.69) is 88.8 Å². The smallest absolute Gasteiger partial charge is 0.0691 e. The highest BCUT2D eigenvalue weighted by Crippen LogP contribution is 2.31. The Morgan fingerprint density at radius 3 is 1.77 bits per heavy atom. The standard InChI is InChI=1S/C27H28N4/c1-13-15(3)24-11-26-17(5)18(6)27(31-26)12-25-16(4)14(2)23(30-25)10-21-8-20(19(7)28-21)9-22(13)29-24/h8-12,28-29H,1-7H3. The molecule has 3 aliphatic rings. The summed E-state index contributed by atoms with van der Waals surface area (Å²) in [4.78, 5) is 17.1. The molecule has 156 valence electrons. The number of hydrogen-bond donors (Lipinski definition) is 2. The summed E-state index contributed by atoms with van der Waals surface area (Å²) >= 11 is 0. The SMILES string of the molecule is CC1=C(C)C2=NC1=Cc1cc(c(C)[nH]1)C=c1[nH]c(c(C)c1C)=CC1=NC(=C2)C(C)=C1C. The van der Waals surface area contributed by atoms with E-state index in [1.54, 1.807) is 0 Å². The van der Waals surface area contributed by atoms with Crippen LogP contribution in [0.4, 0.5) is 0 Å².